The summed E-state index contributed by atoms with van der Waals surface area (Å²) in [7, 11) is 0. The Labute approximate surface area is 207 Å². The van der Waals surface area contributed by atoms with Gasteiger partial charge in [0.05, 0.1) is 12.5 Å². The van der Waals surface area contributed by atoms with Crippen LogP contribution < -0.4 is 10.6 Å². The number of carboxylic acids is 1. The maximum absolute atomic E-state index is 13.2. The third kappa shape index (κ3) is 4.53. The number of rotatable bonds is 8. The van der Waals surface area contributed by atoms with Crippen molar-refractivity contribution in [2.45, 2.75) is 43.2 Å². The average molecular weight is 491 g/mol. The van der Waals surface area contributed by atoms with Crippen molar-refractivity contribution in [2.75, 3.05) is 6.61 Å². The minimum atomic E-state index is -1.09. The number of fused-ring (bicyclic) bond motifs is 3. The fraction of sp³-hybridized carbons (Fsp3) is 0.296. The Bertz CT molecular complexity index is 1210. The molecule has 0 spiro atoms. The number of aliphatic carboxylic acids is 1. The van der Waals surface area contributed by atoms with Crippen LogP contribution in [0.25, 0.3) is 11.1 Å². The van der Waals surface area contributed by atoms with Gasteiger partial charge in [-0.05, 0) is 53.0 Å². The summed E-state index contributed by atoms with van der Waals surface area (Å²) in [5, 5.41) is 16.8. The normalized spacial score (nSPS) is 16.3. The number of nitrogens with one attached hydrogen (secondary N) is 2. The maximum atomic E-state index is 13.2. The number of carbonyl (C=O) groups is 3. The second-order valence-corrected chi connectivity index (χ2v) is 10.0. The molecule has 1 saturated carbocycles. The standard InChI is InChI=1S/C27H26N2O5S/c30-24(31)15-22(23-11-5-14-35-23)28-25(32)27(12-6-13-27)29-26(33)34-16-21-19-9-3-1-7-17(19)18-8-2-4-10-20(18)21/h1-5,7-11,14,21-22H,6,12-13,15-16H2,(H,28,32)(H,29,33)(H,30,31). The highest BCUT2D eigenvalue weighted by molar-refractivity contribution is 7.10. The first-order valence-corrected chi connectivity index (χ1v) is 12.5. The fourth-order valence-electron chi connectivity index (χ4n) is 4.95. The lowest BCUT2D eigenvalue weighted by Crippen LogP contribution is -2.63. The fourth-order valence-corrected chi connectivity index (χ4v) is 5.73. The number of thiophene rings is 1. The predicted molar refractivity (Wildman–Crippen MR) is 132 cm³/mol. The second kappa shape index (κ2) is 9.54. The van der Waals surface area contributed by atoms with Crippen LogP contribution in [0.2, 0.25) is 0 Å². The van der Waals surface area contributed by atoms with E-state index in [1.807, 2.05) is 35.7 Å². The third-order valence-electron chi connectivity index (χ3n) is 6.90. The molecule has 7 nitrogen and oxygen atoms in total. The third-order valence-corrected chi connectivity index (χ3v) is 7.88. The highest BCUT2D eigenvalue weighted by Gasteiger charge is 2.47. The van der Waals surface area contributed by atoms with Crippen LogP contribution in [0, 0.1) is 0 Å². The van der Waals surface area contributed by atoms with Crippen molar-refractivity contribution < 1.29 is 24.2 Å². The number of hydrogen-bond acceptors (Lipinski definition) is 5. The average Bonchev–Trinajstić information content (AvgIpc) is 3.46. The summed E-state index contributed by atoms with van der Waals surface area (Å²) in [4.78, 5) is 38.1. The molecule has 1 atom stereocenters. The smallest absolute Gasteiger partial charge is 0.408 e. The van der Waals surface area contributed by atoms with E-state index in [0.29, 0.717) is 12.8 Å². The zero-order valence-electron chi connectivity index (χ0n) is 19.0. The van der Waals surface area contributed by atoms with Crippen LogP contribution in [0.1, 0.15) is 53.6 Å². The van der Waals surface area contributed by atoms with E-state index in [1.54, 1.807) is 6.07 Å². The van der Waals surface area contributed by atoms with E-state index in [-0.39, 0.29) is 24.9 Å². The first-order valence-electron chi connectivity index (χ1n) is 11.7. The van der Waals surface area contributed by atoms with E-state index in [4.69, 9.17) is 4.74 Å². The summed E-state index contributed by atoms with van der Waals surface area (Å²) < 4.78 is 5.64. The van der Waals surface area contributed by atoms with Crippen LogP contribution in [-0.4, -0.2) is 35.2 Å². The van der Waals surface area contributed by atoms with Gasteiger partial charge in [0, 0.05) is 10.8 Å². The van der Waals surface area contributed by atoms with Crippen molar-refractivity contribution in [1.82, 2.24) is 10.6 Å². The van der Waals surface area contributed by atoms with Gasteiger partial charge in [-0.2, -0.15) is 0 Å². The molecular weight excluding hydrogens is 464 g/mol. The molecule has 0 saturated heterocycles. The van der Waals surface area contributed by atoms with Crippen molar-refractivity contribution in [2.24, 2.45) is 0 Å². The second-order valence-electron chi connectivity index (χ2n) is 9.03. The van der Waals surface area contributed by atoms with Gasteiger partial charge in [-0.3, -0.25) is 9.59 Å². The van der Waals surface area contributed by atoms with E-state index < -0.39 is 23.6 Å². The molecular formula is C27H26N2O5S. The molecule has 3 aromatic rings. The molecule has 1 aromatic heterocycles. The molecule has 35 heavy (non-hydrogen) atoms. The Morgan fingerprint density at radius 1 is 1.00 bits per heavy atom. The lowest BCUT2D eigenvalue weighted by molar-refractivity contribution is -0.138. The van der Waals surface area contributed by atoms with E-state index in [1.165, 1.54) is 11.3 Å². The molecule has 0 aliphatic heterocycles. The van der Waals surface area contributed by atoms with Crippen molar-refractivity contribution in [3.63, 3.8) is 0 Å². The summed E-state index contributed by atoms with van der Waals surface area (Å²) >= 11 is 1.39. The minimum absolute atomic E-state index is 0.0712. The van der Waals surface area contributed by atoms with Gasteiger partial charge in [0.1, 0.15) is 12.1 Å². The van der Waals surface area contributed by atoms with Crippen molar-refractivity contribution in [3.05, 3.63) is 82.0 Å². The number of amides is 2. The number of benzene rings is 2. The van der Waals surface area contributed by atoms with Crippen LogP contribution in [0.4, 0.5) is 4.79 Å². The summed E-state index contributed by atoms with van der Waals surface area (Å²) in [5.74, 6) is -1.45. The number of carboxylic acid groups (broad SMARTS) is 1. The molecule has 2 amide bonds. The van der Waals surface area contributed by atoms with Gasteiger partial charge in [0.25, 0.3) is 0 Å². The molecule has 1 fully saturated rings. The topological polar surface area (TPSA) is 105 Å². The number of hydrogen-bond donors (Lipinski definition) is 3. The van der Waals surface area contributed by atoms with Crippen LogP contribution in [0.3, 0.4) is 0 Å². The highest BCUT2D eigenvalue weighted by atomic mass is 32.1. The molecule has 2 aliphatic carbocycles. The van der Waals surface area contributed by atoms with Gasteiger partial charge in [0.15, 0.2) is 0 Å². The number of carbonyl (C=O) groups excluding carboxylic acids is 2. The highest BCUT2D eigenvalue weighted by Crippen LogP contribution is 2.44. The largest absolute Gasteiger partial charge is 0.481 e. The quantitative estimate of drug-likeness (QED) is 0.419. The molecule has 180 valence electrons. The first kappa shape index (κ1) is 23.1. The molecule has 3 N–H and O–H groups in total. The Balaban J connectivity index is 1.25. The SMILES string of the molecule is O=C(O)CC(NC(=O)C1(NC(=O)OCC2c3ccccc3-c3ccccc32)CCC1)c1cccs1. The molecule has 1 heterocycles. The van der Waals surface area contributed by atoms with Crippen LogP contribution >= 0.6 is 11.3 Å². The molecule has 0 bridgehead atoms. The Hall–Kier alpha value is -3.65. The first-order chi connectivity index (χ1) is 17.0. The molecule has 1 unspecified atom stereocenters. The van der Waals surface area contributed by atoms with Crippen molar-refractivity contribution in [1.29, 1.82) is 0 Å². The van der Waals surface area contributed by atoms with E-state index >= 15 is 0 Å². The lowest BCUT2D eigenvalue weighted by Gasteiger charge is -2.41. The van der Waals surface area contributed by atoms with Crippen molar-refractivity contribution >= 4 is 29.3 Å². The summed E-state index contributed by atoms with van der Waals surface area (Å²) in [6.07, 6.45) is 0.876. The van der Waals surface area contributed by atoms with Crippen molar-refractivity contribution in [3.8, 4) is 11.1 Å². The zero-order valence-corrected chi connectivity index (χ0v) is 19.8. The Kier molecular flexibility index (Phi) is 6.30. The van der Waals surface area contributed by atoms with Gasteiger partial charge >= 0.3 is 12.1 Å². The maximum Gasteiger partial charge on any atom is 0.408 e. The predicted octanol–water partition coefficient (Wildman–Crippen LogP) is 4.84. The minimum Gasteiger partial charge on any atom is -0.481 e. The zero-order chi connectivity index (χ0) is 24.4. The van der Waals surface area contributed by atoms with Crippen LogP contribution in [-0.2, 0) is 14.3 Å². The number of ether oxygens (including phenoxy) is 1. The van der Waals surface area contributed by atoms with Gasteiger partial charge in [-0.25, -0.2) is 4.79 Å². The van der Waals surface area contributed by atoms with E-state index in [0.717, 1.165) is 33.6 Å². The van der Waals surface area contributed by atoms with E-state index in [9.17, 15) is 19.5 Å². The van der Waals surface area contributed by atoms with Crippen LogP contribution in [0.5, 0.6) is 0 Å². The summed E-state index contributed by atoms with van der Waals surface area (Å²) in [6, 6.07) is 19.2. The molecule has 8 heteroatoms. The number of alkyl carbamates (subject to hydrolysis) is 1. The lowest BCUT2D eigenvalue weighted by atomic mass is 9.76. The van der Waals surface area contributed by atoms with Gasteiger partial charge in [0.2, 0.25) is 5.91 Å². The van der Waals surface area contributed by atoms with Gasteiger partial charge in [-0.1, -0.05) is 54.6 Å². The van der Waals surface area contributed by atoms with E-state index in [2.05, 4.69) is 34.9 Å². The summed E-state index contributed by atoms with van der Waals surface area (Å²) in [5.41, 5.74) is 3.43. The van der Waals surface area contributed by atoms with Crippen LogP contribution in [0.15, 0.2) is 66.0 Å². The molecule has 2 aromatic carbocycles. The Morgan fingerprint density at radius 2 is 1.66 bits per heavy atom. The molecule has 0 radical (unpaired) electrons. The monoisotopic (exact) mass is 490 g/mol. The molecule has 2 aliphatic rings. The van der Waals surface area contributed by atoms with Gasteiger partial charge < -0.3 is 20.5 Å². The Morgan fingerprint density at radius 3 is 2.20 bits per heavy atom. The summed E-state index contributed by atoms with van der Waals surface area (Å²) in [6.45, 7) is 0.161. The molecule has 5 rings (SSSR count). The van der Waals surface area contributed by atoms with Gasteiger partial charge in [-0.15, -0.1) is 11.3 Å².